The number of nitrogens with one attached hydrogen (secondary N) is 1. The lowest BCUT2D eigenvalue weighted by Gasteiger charge is -2.07. The summed E-state index contributed by atoms with van der Waals surface area (Å²) in [6.07, 6.45) is 0. The molecule has 0 unspecified atom stereocenters. The second-order valence-corrected chi connectivity index (χ2v) is 4.66. The number of benzene rings is 1. The number of anilines is 1. The van der Waals surface area contributed by atoms with E-state index in [9.17, 15) is 4.79 Å². The SMILES string of the molecule is Cc1cccc(NC(=O)c2ccc(Cl)o2)c1Br. The lowest BCUT2D eigenvalue weighted by atomic mass is 10.2. The van der Waals surface area contributed by atoms with Gasteiger partial charge in [-0.05, 0) is 58.2 Å². The zero-order valence-electron chi connectivity index (χ0n) is 8.96. The van der Waals surface area contributed by atoms with E-state index in [2.05, 4.69) is 21.2 Å². The highest BCUT2D eigenvalue weighted by Crippen LogP contribution is 2.26. The molecule has 0 atom stereocenters. The van der Waals surface area contributed by atoms with Crippen molar-refractivity contribution in [3.8, 4) is 0 Å². The minimum atomic E-state index is -0.330. The lowest BCUT2D eigenvalue weighted by molar-refractivity contribution is 0.0996. The fourth-order valence-electron chi connectivity index (χ4n) is 1.36. The van der Waals surface area contributed by atoms with E-state index >= 15 is 0 Å². The van der Waals surface area contributed by atoms with Gasteiger partial charge in [-0.25, -0.2) is 0 Å². The number of rotatable bonds is 2. The van der Waals surface area contributed by atoms with Gasteiger partial charge in [-0.15, -0.1) is 0 Å². The lowest BCUT2D eigenvalue weighted by Crippen LogP contribution is -2.11. The van der Waals surface area contributed by atoms with E-state index in [-0.39, 0.29) is 16.9 Å². The third kappa shape index (κ3) is 2.70. The highest BCUT2D eigenvalue weighted by Gasteiger charge is 2.12. The van der Waals surface area contributed by atoms with E-state index in [1.807, 2.05) is 19.1 Å². The Balaban J connectivity index is 2.21. The molecule has 1 aromatic heterocycles. The number of carbonyl (C=O) groups is 1. The van der Waals surface area contributed by atoms with Crippen molar-refractivity contribution in [1.29, 1.82) is 0 Å². The predicted octanol–water partition coefficient (Wildman–Crippen LogP) is 4.26. The topological polar surface area (TPSA) is 42.2 Å². The molecule has 0 aliphatic rings. The molecule has 1 amide bonds. The third-order valence-electron chi connectivity index (χ3n) is 2.24. The molecule has 0 aliphatic carbocycles. The number of halogens is 2. The fraction of sp³-hybridized carbons (Fsp3) is 0.0833. The van der Waals surface area contributed by atoms with Gasteiger partial charge in [-0.1, -0.05) is 12.1 Å². The molecular weight excluding hydrogens is 305 g/mol. The van der Waals surface area contributed by atoms with Gasteiger partial charge in [0.15, 0.2) is 11.0 Å². The summed E-state index contributed by atoms with van der Waals surface area (Å²) in [7, 11) is 0. The Hall–Kier alpha value is -1.26. The summed E-state index contributed by atoms with van der Waals surface area (Å²) in [6.45, 7) is 1.95. The van der Waals surface area contributed by atoms with Crippen molar-refractivity contribution >= 4 is 39.1 Å². The van der Waals surface area contributed by atoms with Crippen LogP contribution in [0.25, 0.3) is 0 Å². The number of amides is 1. The Morgan fingerprint density at radius 3 is 2.76 bits per heavy atom. The molecular formula is C12H9BrClNO2. The summed E-state index contributed by atoms with van der Waals surface area (Å²) >= 11 is 9.02. The average molecular weight is 315 g/mol. The van der Waals surface area contributed by atoms with Gasteiger partial charge in [-0.2, -0.15) is 0 Å². The molecule has 2 aromatic rings. The first-order chi connectivity index (χ1) is 8.08. The number of carbonyl (C=O) groups excluding carboxylic acids is 1. The van der Waals surface area contributed by atoms with Crippen LogP contribution in [0.15, 0.2) is 39.2 Å². The summed E-state index contributed by atoms with van der Waals surface area (Å²) in [4.78, 5) is 11.8. The zero-order valence-corrected chi connectivity index (χ0v) is 11.3. The third-order valence-corrected chi connectivity index (χ3v) is 3.49. The first-order valence-electron chi connectivity index (χ1n) is 4.90. The first-order valence-corrected chi connectivity index (χ1v) is 6.07. The number of hydrogen-bond acceptors (Lipinski definition) is 2. The van der Waals surface area contributed by atoms with Crippen LogP contribution in [0, 0.1) is 6.92 Å². The first kappa shape index (κ1) is 12.2. The zero-order chi connectivity index (χ0) is 12.4. The highest BCUT2D eigenvalue weighted by atomic mass is 79.9. The van der Waals surface area contributed by atoms with Crippen molar-refractivity contribution in [2.45, 2.75) is 6.92 Å². The number of aryl methyl sites for hydroxylation is 1. The molecule has 1 heterocycles. The van der Waals surface area contributed by atoms with Gasteiger partial charge in [0.1, 0.15) is 0 Å². The molecule has 2 rings (SSSR count). The number of hydrogen-bond donors (Lipinski definition) is 1. The molecule has 0 radical (unpaired) electrons. The minimum absolute atomic E-state index is 0.184. The van der Waals surface area contributed by atoms with Gasteiger partial charge < -0.3 is 9.73 Å². The van der Waals surface area contributed by atoms with E-state index in [0.29, 0.717) is 5.69 Å². The maximum atomic E-state index is 11.8. The Morgan fingerprint density at radius 2 is 2.12 bits per heavy atom. The standard InChI is InChI=1S/C12H9BrClNO2/c1-7-3-2-4-8(11(7)13)15-12(16)9-5-6-10(14)17-9/h2-6H,1H3,(H,15,16). The van der Waals surface area contributed by atoms with Crippen molar-refractivity contribution in [2.75, 3.05) is 5.32 Å². The molecule has 0 saturated heterocycles. The highest BCUT2D eigenvalue weighted by molar-refractivity contribution is 9.10. The molecule has 88 valence electrons. The molecule has 5 heteroatoms. The van der Waals surface area contributed by atoms with Crippen molar-refractivity contribution in [1.82, 2.24) is 0 Å². The van der Waals surface area contributed by atoms with E-state index < -0.39 is 0 Å². The van der Waals surface area contributed by atoms with Crippen LogP contribution < -0.4 is 5.32 Å². The van der Waals surface area contributed by atoms with Gasteiger partial charge in [0, 0.05) is 4.47 Å². The van der Waals surface area contributed by atoms with E-state index in [4.69, 9.17) is 16.0 Å². The minimum Gasteiger partial charge on any atom is -0.440 e. The molecule has 1 N–H and O–H groups in total. The molecule has 0 saturated carbocycles. The van der Waals surface area contributed by atoms with Gasteiger partial charge in [0.05, 0.1) is 5.69 Å². The van der Waals surface area contributed by atoms with E-state index in [1.54, 1.807) is 6.07 Å². The van der Waals surface area contributed by atoms with Gasteiger partial charge in [0.2, 0.25) is 0 Å². The van der Waals surface area contributed by atoms with Gasteiger partial charge in [0.25, 0.3) is 5.91 Å². The average Bonchev–Trinajstić information content (AvgIpc) is 2.72. The van der Waals surface area contributed by atoms with E-state index in [1.165, 1.54) is 12.1 Å². The second kappa shape index (κ2) is 4.94. The number of furan rings is 1. The molecule has 0 spiro atoms. The summed E-state index contributed by atoms with van der Waals surface area (Å²) < 4.78 is 5.88. The molecule has 0 fully saturated rings. The van der Waals surface area contributed by atoms with E-state index in [0.717, 1.165) is 10.0 Å². The summed E-state index contributed by atoms with van der Waals surface area (Å²) in [5.41, 5.74) is 1.74. The van der Waals surface area contributed by atoms with Crippen LogP contribution in [0.3, 0.4) is 0 Å². The fourth-order valence-corrected chi connectivity index (χ4v) is 1.87. The summed E-state index contributed by atoms with van der Waals surface area (Å²) in [5, 5.41) is 2.94. The van der Waals surface area contributed by atoms with Crippen LogP contribution >= 0.6 is 27.5 Å². The van der Waals surface area contributed by atoms with Crippen LogP contribution in [0.5, 0.6) is 0 Å². The Kier molecular flexibility index (Phi) is 3.54. The van der Waals surface area contributed by atoms with Crippen molar-refractivity contribution < 1.29 is 9.21 Å². The summed E-state index contributed by atoms with van der Waals surface area (Å²) in [5.74, 6) is -0.147. The van der Waals surface area contributed by atoms with Gasteiger partial charge in [-0.3, -0.25) is 4.79 Å². The molecule has 0 bridgehead atoms. The molecule has 1 aromatic carbocycles. The van der Waals surface area contributed by atoms with Crippen molar-refractivity contribution in [3.05, 3.63) is 51.3 Å². The molecule has 17 heavy (non-hydrogen) atoms. The Bertz CT molecular complexity index is 565. The van der Waals surface area contributed by atoms with Crippen LogP contribution in [0.1, 0.15) is 16.1 Å². The predicted molar refractivity (Wildman–Crippen MR) is 70.6 cm³/mol. The Morgan fingerprint density at radius 1 is 1.35 bits per heavy atom. The smallest absolute Gasteiger partial charge is 0.291 e. The molecule has 0 aliphatic heterocycles. The van der Waals surface area contributed by atoms with Crippen molar-refractivity contribution in [3.63, 3.8) is 0 Å². The monoisotopic (exact) mass is 313 g/mol. The quantitative estimate of drug-likeness (QED) is 0.900. The van der Waals surface area contributed by atoms with Crippen LogP contribution in [0.2, 0.25) is 5.22 Å². The Labute approximate surface area is 112 Å². The summed E-state index contributed by atoms with van der Waals surface area (Å²) in [6, 6.07) is 8.68. The normalized spacial score (nSPS) is 10.3. The van der Waals surface area contributed by atoms with Crippen LogP contribution in [0.4, 0.5) is 5.69 Å². The maximum Gasteiger partial charge on any atom is 0.291 e. The van der Waals surface area contributed by atoms with Crippen molar-refractivity contribution in [2.24, 2.45) is 0 Å². The maximum absolute atomic E-state index is 11.8. The van der Waals surface area contributed by atoms with Crippen LogP contribution in [-0.4, -0.2) is 5.91 Å². The second-order valence-electron chi connectivity index (χ2n) is 3.49. The largest absolute Gasteiger partial charge is 0.440 e. The molecule has 3 nitrogen and oxygen atoms in total. The van der Waals surface area contributed by atoms with Gasteiger partial charge >= 0.3 is 0 Å². The van der Waals surface area contributed by atoms with Crippen LogP contribution in [-0.2, 0) is 0 Å².